The van der Waals surface area contributed by atoms with Crippen LogP contribution in [-0.2, 0) is 14.4 Å². The van der Waals surface area contributed by atoms with Gasteiger partial charge in [-0.1, -0.05) is 23.7 Å². The molecule has 0 radical (unpaired) electrons. The van der Waals surface area contributed by atoms with Crippen molar-refractivity contribution in [1.29, 1.82) is 0 Å². The van der Waals surface area contributed by atoms with Crippen LogP contribution in [0.15, 0.2) is 48.5 Å². The van der Waals surface area contributed by atoms with Crippen molar-refractivity contribution in [3.05, 3.63) is 53.6 Å². The van der Waals surface area contributed by atoms with Crippen molar-refractivity contribution in [2.24, 2.45) is 11.8 Å². The van der Waals surface area contributed by atoms with Crippen molar-refractivity contribution < 1.29 is 24.2 Å². The molecule has 3 aliphatic rings. The average molecular weight is 558 g/mol. The molecule has 2 aromatic rings. The average Bonchev–Trinajstić information content (AvgIpc) is 3.46. The molecule has 10 heteroatoms. The number of ether oxygens (including phenoxy) is 1. The number of aliphatic hydroxyl groups is 1. The minimum atomic E-state index is -0.780. The molecule has 3 N–H and O–H groups in total. The Morgan fingerprint density at radius 2 is 1.87 bits per heavy atom. The van der Waals surface area contributed by atoms with Gasteiger partial charge >= 0.3 is 0 Å². The normalized spacial score (nSPS) is 29.3. The van der Waals surface area contributed by atoms with Crippen LogP contribution in [0, 0.1) is 11.8 Å². The van der Waals surface area contributed by atoms with Gasteiger partial charge in [0, 0.05) is 23.6 Å². The molecule has 2 aromatic carbocycles. The van der Waals surface area contributed by atoms with Crippen LogP contribution in [0.3, 0.4) is 0 Å². The van der Waals surface area contributed by atoms with Gasteiger partial charge < -0.3 is 25.4 Å². The predicted octanol–water partition coefficient (Wildman–Crippen LogP) is 4.18. The van der Waals surface area contributed by atoms with E-state index in [1.165, 1.54) is 0 Å². The molecule has 2 bridgehead atoms. The van der Waals surface area contributed by atoms with E-state index in [4.69, 9.17) is 16.3 Å². The number of likely N-dealkylation sites (tertiary alicyclic amines) is 1. The molecule has 0 saturated carbocycles. The van der Waals surface area contributed by atoms with Crippen LogP contribution in [0.5, 0.6) is 5.75 Å². The summed E-state index contributed by atoms with van der Waals surface area (Å²) >= 11 is 7.91. The number of nitrogens with one attached hydrogen (secondary N) is 2. The molecule has 3 heterocycles. The van der Waals surface area contributed by atoms with Crippen LogP contribution in [0.4, 0.5) is 11.4 Å². The SMILES string of the molecule is CCOc1ccc(NC(=O)[C@H]2[C@H]3C(=O)N(CCCO)C(C(=O)Nc4ccccc4Cl)C34CC[C@]2(C)S4)cc1. The highest BCUT2D eigenvalue weighted by atomic mass is 35.5. The minimum Gasteiger partial charge on any atom is -0.494 e. The van der Waals surface area contributed by atoms with Crippen molar-refractivity contribution in [2.75, 3.05) is 30.4 Å². The lowest BCUT2D eigenvalue weighted by molar-refractivity contribution is -0.139. The van der Waals surface area contributed by atoms with Crippen molar-refractivity contribution in [2.45, 2.75) is 48.6 Å². The largest absolute Gasteiger partial charge is 0.494 e. The summed E-state index contributed by atoms with van der Waals surface area (Å²) in [6.07, 6.45) is 1.70. The maximum atomic E-state index is 14.0. The molecule has 3 amide bonds. The maximum absolute atomic E-state index is 14.0. The zero-order valence-corrected chi connectivity index (χ0v) is 23.0. The first-order valence-electron chi connectivity index (χ1n) is 12.9. The number of benzene rings is 2. The van der Waals surface area contributed by atoms with Crippen molar-refractivity contribution in [1.82, 2.24) is 4.90 Å². The number of hydrogen-bond donors (Lipinski definition) is 3. The molecule has 3 saturated heterocycles. The predicted molar refractivity (Wildman–Crippen MR) is 148 cm³/mol. The highest BCUT2D eigenvalue weighted by molar-refractivity contribution is 8.02. The van der Waals surface area contributed by atoms with Gasteiger partial charge in [0.25, 0.3) is 0 Å². The number of carbonyl (C=O) groups excluding carboxylic acids is 3. The lowest BCUT2D eigenvalue weighted by atomic mass is 9.66. The van der Waals surface area contributed by atoms with E-state index < -0.39 is 27.4 Å². The van der Waals surface area contributed by atoms with Gasteiger partial charge in [0.1, 0.15) is 11.8 Å². The standard InChI is InChI=1S/C28H32ClN3O5S/c1-3-37-18-11-9-17(10-12-18)30-24(34)21-22-26(36)32(15-6-16-33)23(28(22)14-13-27(21,2)38-28)25(35)31-20-8-5-4-7-19(20)29/h4-5,7-12,21-23,33H,3,6,13-16H2,1-2H3,(H,30,34)(H,31,35)/t21-,22+,23?,27+,28?/m1/s1. The van der Waals surface area contributed by atoms with E-state index in [9.17, 15) is 19.5 Å². The third-order valence-corrected chi connectivity index (χ3v) is 10.2. The molecule has 38 heavy (non-hydrogen) atoms. The van der Waals surface area contributed by atoms with Crippen LogP contribution >= 0.6 is 23.4 Å². The third-order valence-electron chi connectivity index (χ3n) is 7.93. The second-order valence-electron chi connectivity index (χ2n) is 10.3. The van der Waals surface area contributed by atoms with E-state index in [2.05, 4.69) is 10.6 Å². The molecule has 5 rings (SSSR count). The number of carbonyl (C=O) groups is 3. The third kappa shape index (κ3) is 4.44. The van der Waals surface area contributed by atoms with Crippen molar-refractivity contribution in [3.8, 4) is 5.75 Å². The highest BCUT2D eigenvalue weighted by Crippen LogP contribution is 2.71. The van der Waals surface area contributed by atoms with E-state index in [-0.39, 0.29) is 30.9 Å². The van der Waals surface area contributed by atoms with Gasteiger partial charge in [-0.3, -0.25) is 14.4 Å². The maximum Gasteiger partial charge on any atom is 0.248 e. The Balaban J connectivity index is 1.45. The highest BCUT2D eigenvalue weighted by Gasteiger charge is 2.77. The number of nitrogens with zero attached hydrogens (tertiary/aromatic N) is 1. The molecule has 5 atom stereocenters. The Hall–Kier alpha value is -2.75. The van der Waals surface area contributed by atoms with Gasteiger partial charge in [-0.25, -0.2) is 0 Å². The molecule has 8 nitrogen and oxygen atoms in total. The Labute approximate surface area is 231 Å². The zero-order valence-electron chi connectivity index (χ0n) is 21.4. The fourth-order valence-corrected chi connectivity index (χ4v) is 8.93. The summed E-state index contributed by atoms with van der Waals surface area (Å²) in [6, 6.07) is 13.4. The number of halogens is 1. The summed E-state index contributed by atoms with van der Waals surface area (Å²) in [5.41, 5.74) is 1.10. The lowest BCUT2D eigenvalue weighted by Gasteiger charge is -2.34. The summed E-state index contributed by atoms with van der Waals surface area (Å²) < 4.78 is 4.26. The van der Waals surface area contributed by atoms with Crippen molar-refractivity contribution in [3.63, 3.8) is 0 Å². The molecule has 2 unspecified atom stereocenters. The van der Waals surface area contributed by atoms with Gasteiger partial charge in [-0.15, -0.1) is 11.8 Å². The number of aliphatic hydroxyl groups excluding tert-OH is 1. The summed E-state index contributed by atoms with van der Waals surface area (Å²) in [7, 11) is 0. The van der Waals surface area contributed by atoms with Gasteiger partial charge in [0.15, 0.2) is 0 Å². The number of anilines is 2. The molecule has 0 aromatic heterocycles. The first-order chi connectivity index (χ1) is 18.2. The summed E-state index contributed by atoms with van der Waals surface area (Å²) in [4.78, 5) is 43.1. The molecule has 1 spiro atoms. The fourth-order valence-electron chi connectivity index (χ4n) is 6.39. The Bertz CT molecular complexity index is 1240. The number of amides is 3. The number of fused-ring (bicyclic) bond motifs is 1. The van der Waals surface area contributed by atoms with E-state index in [0.29, 0.717) is 48.0 Å². The van der Waals surface area contributed by atoms with E-state index in [0.717, 1.165) is 0 Å². The number of hydrogen-bond acceptors (Lipinski definition) is 6. The quantitative estimate of drug-likeness (QED) is 0.427. The fraction of sp³-hybridized carbons (Fsp3) is 0.464. The van der Waals surface area contributed by atoms with Crippen LogP contribution < -0.4 is 15.4 Å². The van der Waals surface area contributed by atoms with E-state index in [1.807, 2.05) is 13.8 Å². The number of para-hydroxylation sites is 1. The summed E-state index contributed by atoms with van der Waals surface area (Å²) in [6.45, 7) is 4.61. The van der Waals surface area contributed by atoms with Crippen molar-refractivity contribution >= 4 is 52.5 Å². The Morgan fingerprint density at radius 3 is 2.55 bits per heavy atom. The first-order valence-corrected chi connectivity index (χ1v) is 14.1. The molecule has 0 aliphatic carbocycles. The molecular formula is C28H32ClN3O5S. The van der Waals surface area contributed by atoms with Gasteiger partial charge in [-0.2, -0.15) is 0 Å². The van der Waals surface area contributed by atoms with Gasteiger partial charge in [-0.05, 0) is 69.5 Å². The van der Waals surface area contributed by atoms with Crippen LogP contribution in [0.2, 0.25) is 5.02 Å². The topological polar surface area (TPSA) is 108 Å². The van der Waals surface area contributed by atoms with Crippen LogP contribution in [0.25, 0.3) is 0 Å². The van der Waals surface area contributed by atoms with Gasteiger partial charge in [0.2, 0.25) is 17.7 Å². The van der Waals surface area contributed by atoms with E-state index >= 15 is 0 Å². The second-order valence-corrected chi connectivity index (χ2v) is 12.6. The van der Waals surface area contributed by atoms with E-state index in [1.54, 1.807) is 65.2 Å². The summed E-state index contributed by atoms with van der Waals surface area (Å²) in [5.74, 6) is -1.29. The number of rotatable bonds is 9. The molecular weight excluding hydrogens is 526 g/mol. The molecule has 202 valence electrons. The molecule has 3 aliphatic heterocycles. The Morgan fingerprint density at radius 1 is 1.13 bits per heavy atom. The van der Waals surface area contributed by atoms with Gasteiger partial charge in [0.05, 0.1) is 33.9 Å². The van der Waals surface area contributed by atoms with Crippen LogP contribution in [-0.4, -0.2) is 63.0 Å². The Kier molecular flexibility index (Phi) is 7.37. The number of thioether (sulfide) groups is 1. The summed E-state index contributed by atoms with van der Waals surface area (Å²) in [5, 5.41) is 15.8. The first kappa shape index (κ1) is 26.8. The van der Waals surface area contributed by atoms with Crippen LogP contribution in [0.1, 0.15) is 33.1 Å². The zero-order chi connectivity index (χ0) is 27.1. The monoisotopic (exact) mass is 557 g/mol. The lowest BCUT2D eigenvalue weighted by Crippen LogP contribution is -2.52. The smallest absolute Gasteiger partial charge is 0.248 e. The minimum absolute atomic E-state index is 0.104. The molecule has 3 fully saturated rings. The second kappa shape index (κ2) is 10.4.